The van der Waals surface area contributed by atoms with Crippen LogP contribution in [0.1, 0.15) is 17.5 Å². The van der Waals surface area contributed by atoms with Gasteiger partial charge in [-0.1, -0.05) is 60.7 Å². The van der Waals surface area contributed by atoms with E-state index in [1.807, 2.05) is 48.5 Å². The van der Waals surface area contributed by atoms with Crippen LogP contribution in [0.5, 0.6) is 0 Å². The molecule has 1 fully saturated rings. The van der Waals surface area contributed by atoms with Gasteiger partial charge in [-0.25, -0.2) is 13.2 Å². The van der Waals surface area contributed by atoms with Crippen molar-refractivity contribution in [1.82, 2.24) is 14.5 Å². The van der Waals surface area contributed by atoms with Crippen LogP contribution in [0.3, 0.4) is 0 Å². The first kappa shape index (κ1) is 20.4. The van der Waals surface area contributed by atoms with Gasteiger partial charge >= 0.3 is 6.03 Å². The number of carbonyl (C=O) groups excluding carboxylic acids is 1. The average Bonchev–Trinajstić information content (AvgIpc) is 2.72. The number of piperazine rings is 1. The van der Waals surface area contributed by atoms with E-state index in [1.54, 1.807) is 4.90 Å². The Balaban J connectivity index is 1.40. The van der Waals surface area contributed by atoms with Crippen LogP contribution in [0.25, 0.3) is 0 Å². The summed E-state index contributed by atoms with van der Waals surface area (Å²) in [6.07, 6.45) is 1.80. The van der Waals surface area contributed by atoms with E-state index < -0.39 is 10.0 Å². The number of aryl methyl sites for hydroxylation is 1. The third-order valence-electron chi connectivity index (χ3n) is 4.87. The number of benzene rings is 2. The van der Waals surface area contributed by atoms with Crippen LogP contribution in [0, 0.1) is 0 Å². The van der Waals surface area contributed by atoms with Crippen molar-refractivity contribution in [3.63, 3.8) is 0 Å². The van der Waals surface area contributed by atoms with E-state index in [-0.39, 0.29) is 11.8 Å². The van der Waals surface area contributed by atoms with Gasteiger partial charge in [0.25, 0.3) is 0 Å². The van der Waals surface area contributed by atoms with Gasteiger partial charge in [0.05, 0.1) is 5.75 Å². The predicted octanol–water partition coefficient (Wildman–Crippen LogP) is 2.48. The molecule has 0 aliphatic carbocycles. The third-order valence-corrected chi connectivity index (χ3v) is 6.72. The number of rotatable bonds is 7. The normalized spacial score (nSPS) is 15.4. The first-order chi connectivity index (χ1) is 13.5. The van der Waals surface area contributed by atoms with E-state index in [0.29, 0.717) is 32.7 Å². The summed E-state index contributed by atoms with van der Waals surface area (Å²) in [5.41, 5.74) is 2.04. The lowest BCUT2D eigenvalue weighted by Gasteiger charge is -2.34. The number of sulfonamides is 1. The van der Waals surface area contributed by atoms with Gasteiger partial charge < -0.3 is 10.2 Å². The van der Waals surface area contributed by atoms with Crippen molar-refractivity contribution in [3.05, 3.63) is 71.8 Å². The Kier molecular flexibility index (Phi) is 7.06. The number of amides is 2. The number of hydrogen-bond donors (Lipinski definition) is 1. The van der Waals surface area contributed by atoms with Gasteiger partial charge in [0, 0.05) is 32.7 Å². The molecule has 2 amide bonds. The molecule has 0 unspecified atom stereocenters. The molecule has 1 aliphatic heterocycles. The zero-order valence-electron chi connectivity index (χ0n) is 16.0. The third kappa shape index (κ3) is 5.81. The Morgan fingerprint density at radius 1 is 0.857 bits per heavy atom. The Morgan fingerprint density at radius 3 is 2.04 bits per heavy atom. The monoisotopic (exact) mass is 401 g/mol. The molecule has 1 N–H and O–H groups in total. The van der Waals surface area contributed by atoms with E-state index in [9.17, 15) is 13.2 Å². The molecule has 28 heavy (non-hydrogen) atoms. The van der Waals surface area contributed by atoms with Crippen LogP contribution >= 0.6 is 0 Å². The molecule has 2 aromatic carbocycles. The molecule has 1 saturated heterocycles. The summed E-state index contributed by atoms with van der Waals surface area (Å²) in [6, 6.07) is 19.2. The second-order valence-corrected chi connectivity index (χ2v) is 8.92. The van der Waals surface area contributed by atoms with Crippen molar-refractivity contribution in [2.45, 2.75) is 18.6 Å². The van der Waals surface area contributed by atoms with Gasteiger partial charge in [-0.05, 0) is 24.0 Å². The first-order valence-corrected chi connectivity index (χ1v) is 11.2. The van der Waals surface area contributed by atoms with Gasteiger partial charge in [0.15, 0.2) is 0 Å². The van der Waals surface area contributed by atoms with E-state index in [0.717, 1.165) is 18.4 Å². The van der Waals surface area contributed by atoms with E-state index in [4.69, 9.17) is 0 Å². The molecule has 0 bridgehead atoms. The summed E-state index contributed by atoms with van der Waals surface area (Å²) in [7, 11) is -3.36. The molecule has 150 valence electrons. The number of nitrogens with zero attached hydrogens (tertiary/aromatic N) is 2. The number of urea groups is 1. The number of carbonyl (C=O) groups is 1. The summed E-state index contributed by atoms with van der Waals surface area (Å²) in [5, 5.41) is 2.94. The van der Waals surface area contributed by atoms with Crippen molar-refractivity contribution in [2.24, 2.45) is 0 Å². The molecule has 1 heterocycles. The van der Waals surface area contributed by atoms with Crippen molar-refractivity contribution in [1.29, 1.82) is 0 Å². The molecule has 7 heteroatoms. The zero-order chi connectivity index (χ0) is 19.8. The van der Waals surface area contributed by atoms with Crippen molar-refractivity contribution in [3.8, 4) is 0 Å². The lowest BCUT2D eigenvalue weighted by molar-refractivity contribution is 0.172. The smallest absolute Gasteiger partial charge is 0.317 e. The molecule has 0 atom stereocenters. The molecule has 0 radical (unpaired) electrons. The van der Waals surface area contributed by atoms with Crippen molar-refractivity contribution < 1.29 is 13.2 Å². The van der Waals surface area contributed by atoms with Crippen LogP contribution < -0.4 is 5.32 Å². The lowest BCUT2D eigenvalue weighted by atomic mass is 10.1. The molecular formula is C21H27N3O3S. The highest BCUT2D eigenvalue weighted by atomic mass is 32.2. The van der Waals surface area contributed by atoms with Crippen LogP contribution in [-0.4, -0.2) is 56.4 Å². The summed E-state index contributed by atoms with van der Waals surface area (Å²) in [4.78, 5) is 14.0. The van der Waals surface area contributed by atoms with Crippen LogP contribution in [0.2, 0.25) is 0 Å². The quantitative estimate of drug-likeness (QED) is 0.725. The molecule has 6 nitrogen and oxygen atoms in total. The zero-order valence-corrected chi connectivity index (χ0v) is 16.8. The van der Waals surface area contributed by atoms with Gasteiger partial charge in [0.2, 0.25) is 10.0 Å². The van der Waals surface area contributed by atoms with Crippen LogP contribution in [0.15, 0.2) is 60.7 Å². The Morgan fingerprint density at radius 2 is 1.43 bits per heavy atom. The standard InChI is InChI=1S/C21H27N3O3S/c25-21(22-13-7-12-19-8-3-1-4-9-19)23-14-16-24(17-15-23)28(26,27)18-20-10-5-2-6-11-20/h1-6,8-11H,7,12-18H2,(H,22,25). The second kappa shape index (κ2) is 9.71. The SMILES string of the molecule is O=C(NCCCc1ccccc1)N1CCN(S(=O)(=O)Cc2ccccc2)CC1. The van der Waals surface area contributed by atoms with Gasteiger partial charge in [-0.2, -0.15) is 4.31 Å². The molecular weight excluding hydrogens is 374 g/mol. The Hall–Kier alpha value is -2.38. The molecule has 0 aromatic heterocycles. The second-order valence-electron chi connectivity index (χ2n) is 6.95. The molecule has 0 spiro atoms. The van der Waals surface area contributed by atoms with E-state index in [1.165, 1.54) is 9.87 Å². The fourth-order valence-corrected chi connectivity index (χ4v) is 4.81. The summed E-state index contributed by atoms with van der Waals surface area (Å²) in [6.45, 7) is 2.12. The fourth-order valence-electron chi connectivity index (χ4n) is 3.29. The molecule has 2 aromatic rings. The predicted molar refractivity (Wildman–Crippen MR) is 110 cm³/mol. The fraction of sp³-hybridized carbons (Fsp3) is 0.381. The van der Waals surface area contributed by atoms with Crippen molar-refractivity contribution in [2.75, 3.05) is 32.7 Å². The summed E-state index contributed by atoms with van der Waals surface area (Å²) < 4.78 is 26.7. The largest absolute Gasteiger partial charge is 0.338 e. The highest BCUT2D eigenvalue weighted by Crippen LogP contribution is 2.13. The summed E-state index contributed by atoms with van der Waals surface area (Å²) >= 11 is 0. The maximum Gasteiger partial charge on any atom is 0.317 e. The summed E-state index contributed by atoms with van der Waals surface area (Å²) in [5.74, 6) is -0.000474. The van der Waals surface area contributed by atoms with Crippen molar-refractivity contribution >= 4 is 16.1 Å². The minimum Gasteiger partial charge on any atom is -0.338 e. The van der Waals surface area contributed by atoms with Crippen LogP contribution in [0.4, 0.5) is 4.79 Å². The maximum atomic E-state index is 12.6. The number of nitrogens with one attached hydrogen (secondary N) is 1. The average molecular weight is 402 g/mol. The molecule has 0 saturated carbocycles. The van der Waals surface area contributed by atoms with Gasteiger partial charge in [0.1, 0.15) is 0 Å². The topological polar surface area (TPSA) is 69.7 Å². The van der Waals surface area contributed by atoms with Gasteiger partial charge in [-0.3, -0.25) is 0 Å². The van der Waals surface area contributed by atoms with Gasteiger partial charge in [-0.15, -0.1) is 0 Å². The minimum atomic E-state index is -3.36. The highest BCUT2D eigenvalue weighted by Gasteiger charge is 2.28. The molecule has 1 aliphatic rings. The minimum absolute atomic E-state index is 0.000474. The van der Waals surface area contributed by atoms with Crippen LogP contribution in [-0.2, 0) is 22.2 Å². The lowest BCUT2D eigenvalue weighted by Crippen LogP contribution is -2.53. The number of hydrogen-bond acceptors (Lipinski definition) is 3. The van der Waals surface area contributed by atoms with E-state index in [2.05, 4.69) is 17.4 Å². The van der Waals surface area contributed by atoms with E-state index >= 15 is 0 Å². The Bertz CT molecular complexity index is 849. The Labute approximate surface area is 167 Å². The highest BCUT2D eigenvalue weighted by molar-refractivity contribution is 7.88. The maximum absolute atomic E-state index is 12.6. The molecule has 3 rings (SSSR count). The first-order valence-electron chi connectivity index (χ1n) is 9.63.